The summed E-state index contributed by atoms with van der Waals surface area (Å²) in [5, 5.41) is 0. The molecule has 2 aromatic rings. The van der Waals surface area contributed by atoms with Gasteiger partial charge in [0.1, 0.15) is 11.6 Å². The van der Waals surface area contributed by atoms with Crippen LogP contribution in [0.15, 0.2) is 48.5 Å². The molecule has 21 heavy (non-hydrogen) atoms. The molecule has 0 spiro atoms. The Balaban J connectivity index is 2.24. The zero-order chi connectivity index (χ0) is 15.2. The lowest BCUT2D eigenvalue weighted by Crippen LogP contribution is -2.33. The van der Waals surface area contributed by atoms with Crippen molar-refractivity contribution >= 4 is 0 Å². The molecule has 4 heteroatoms. The summed E-state index contributed by atoms with van der Waals surface area (Å²) in [4.78, 5) is 2.11. The van der Waals surface area contributed by atoms with E-state index in [0.29, 0.717) is 18.7 Å². The second kappa shape index (κ2) is 7.29. The van der Waals surface area contributed by atoms with Crippen LogP contribution in [-0.4, -0.2) is 18.0 Å². The molecule has 0 radical (unpaired) electrons. The van der Waals surface area contributed by atoms with Crippen LogP contribution in [0.25, 0.3) is 0 Å². The van der Waals surface area contributed by atoms with Crippen molar-refractivity contribution in [2.45, 2.75) is 19.5 Å². The van der Waals surface area contributed by atoms with Crippen molar-refractivity contribution in [1.82, 2.24) is 4.90 Å². The number of benzene rings is 2. The van der Waals surface area contributed by atoms with Crippen LogP contribution >= 0.6 is 0 Å². The Morgan fingerprint density at radius 3 is 2.19 bits per heavy atom. The van der Waals surface area contributed by atoms with Crippen molar-refractivity contribution < 1.29 is 8.78 Å². The molecular weight excluding hydrogens is 270 g/mol. The van der Waals surface area contributed by atoms with E-state index >= 15 is 0 Å². The summed E-state index contributed by atoms with van der Waals surface area (Å²) in [6.45, 7) is 3.76. The zero-order valence-electron chi connectivity index (χ0n) is 12.1. The molecule has 2 N–H and O–H groups in total. The van der Waals surface area contributed by atoms with Crippen LogP contribution < -0.4 is 5.73 Å². The Kier molecular flexibility index (Phi) is 5.42. The lowest BCUT2D eigenvalue weighted by Gasteiger charge is -2.30. The van der Waals surface area contributed by atoms with Crippen LogP contribution in [0.3, 0.4) is 0 Å². The summed E-state index contributed by atoms with van der Waals surface area (Å²) in [7, 11) is 0. The Hall–Kier alpha value is -1.78. The minimum absolute atomic E-state index is 0.208. The summed E-state index contributed by atoms with van der Waals surface area (Å²) in [5.41, 5.74) is 7.57. The van der Waals surface area contributed by atoms with E-state index in [-0.39, 0.29) is 6.04 Å². The summed E-state index contributed by atoms with van der Waals surface area (Å²) in [6.07, 6.45) is 0. The molecule has 0 aliphatic carbocycles. The van der Waals surface area contributed by atoms with Gasteiger partial charge in [0.25, 0.3) is 0 Å². The van der Waals surface area contributed by atoms with E-state index in [2.05, 4.69) is 4.90 Å². The number of nitrogens with zero attached hydrogens (tertiary/aromatic N) is 1. The van der Waals surface area contributed by atoms with Crippen molar-refractivity contribution in [1.29, 1.82) is 0 Å². The molecule has 0 aliphatic rings. The monoisotopic (exact) mass is 290 g/mol. The van der Waals surface area contributed by atoms with Gasteiger partial charge in [-0.1, -0.05) is 37.3 Å². The first-order valence-corrected chi connectivity index (χ1v) is 7.08. The Bertz CT molecular complexity index is 552. The molecular formula is C17H20F2N2. The summed E-state index contributed by atoms with van der Waals surface area (Å²) >= 11 is 0. The van der Waals surface area contributed by atoms with E-state index < -0.39 is 11.6 Å². The maximum absolute atomic E-state index is 13.4. The molecule has 112 valence electrons. The third-order valence-corrected chi connectivity index (χ3v) is 3.57. The molecule has 2 rings (SSSR count). The minimum atomic E-state index is -0.570. The van der Waals surface area contributed by atoms with E-state index in [0.717, 1.165) is 18.2 Å². The largest absolute Gasteiger partial charge is 0.329 e. The van der Waals surface area contributed by atoms with Crippen LogP contribution in [0.2, 0.25) is 0 Å². The molecule has 2 nitrogen and oxygen atoms in total. The van der Waals surface area contributed by atoms with Gasteiger partial charge in [-0.05, 0) is 29.8 Å². The second-order valence-corrected chi connectivity index (χ2v) is 5.00. The van der Waals surface area contributed by atoms with Crippen LogP contribution in [0.1, 0.15) is 24.1 Å². The van der Waals surface area contributed by atoms with Crippen LogP contribution in [0.4, 0.5) is 8.78 Å². The normalized spacial score (nSPS) is 12.6. The number of rotatable bonds is 6. The fourth-order valence-corrected chi connectivity index (χ4v) is 2.52. The first-order valence-electron chi connectivity index (χ1n) is 7.08. The molecule has 2 aromatic carbocycles. The number of hydrogen-bond acceptors (Lipinski definition) is 2. The third-order valence-electron chi connectivity index (χ3n) is 3.57. The second-order valence-electron chi connectivity index (χ2n) is 5.00. The maximum atomic E-state index is 13.4. The molecule has 0 bridgehead atoms. The SMILES string of the molecule is CCN(Cc1ccccc1)C(CN)c1cc(F)cc(F)c1. The highest BCUT2D eigenvalue weighted by atomic mass is 19.1. The van der Waals surface area contributed by atoms with Gasteiger partial charge in [0.2, 0.25) is 0 Å². The zero-order valence-corrected chi connectivity index (χ0v) is 12.1. The molecule has 0 saturated heterocycles. The molecule has 0 fully saturated rings. The first kappa shape index (κ1) is 15.6. The van der Waals surface area contributed by atoms with Gasteiger partial charge in [-0.3, -0.25) is 4.90 Å². The van der Waals surface area contributed by atoms with Gasteiger partial charge >= 0.3 is 0 Å². The molecule has 1 atom stereocenters. The van der Waals surface area contributed by atoms with Gasteiger partial charge in [0.15, 0.2) is 0 Å². The average molecular weight is 290 g/mol. The van der Waals surface area contributed by atoms with E-state index in [9.17, 15) is 8.78 Å². The predicted octanol–water partition coefficient (Wildman–Crippen LogP) is 3.49. The molecule has 0 saturated carbocycles. The topological polar surface area (TPSA) is 29.3 Å². The smallest absolute Gasteiger partial charge is 0.126 e. The molecule has 1 unspecified atom stereocenters. The van der Waals surface area contributed by atoms with Gasteiger partial charge in [-0.15, -0.1) is 0 Å². The highest BCUT2D eigenvalue weighted by Gasteiger charge is 2.19. The quantitative estimate of drug-likeness (QED) is 0.882. The Labute approximate surface area is 124 Å². The average Bonchev–Trinajstić information content (AvgIpc) is 2.47. The van der Waals surface area contributed by atoms with Gasteiger partial charge in [0.05, 0.1) is 0 Å². The maximum Gasteiger partial charge on any atom is 0.126 e. The van der Waals surface area contributed by atoms with Gasteiger partial charge in [-0.25, -0.2) is 8.78 Å². The van der Waals surface area contributed by atoms with Crippen LogP contribution in [-0.2, 0) is 6.54 Å². The van der Waals surface area contributed by atoms with E-state index in [4.69, 9.17) is 5.73 Å². The summed E-state index contributed by atoms with van der Waals surface area (Å²) in [5.74, 6) is -1.14. The molecule has 0 amide bonds. The standard InChI is InChI=1S/C17H20F2N2/c1-2-21(12-13-6-4-3-5-7-13)17(11-20)14-8-15(18)10-16(19)9-14/h3-10,17H,2,11-12,20H2,1H3. The highest BCUT2D eigenvalue weighted by Crippen LogP contribution is 2.23. The Morgan fingerprint density at radius 2 is 1.67 bits per heavy atom. The summed E-state index contributed by atoms with van der Waals surface area (Å²) in [6, 6.07) is 13.4. The van der Waals surface area contributed by atoms with E-state index in [1.165, 1.54) is 12.1 Å². The number of likely N-dealkylation sites (N-methyl/N-ethyl adjacent to an activating group) is 1. The van der Waals surface area contributed by atoms with E-state index in [1.54, 1.807) is 0 Å². The van der Waals surface area contributed by atoms with E-state index in [1.807, 2.05) is 37.3 Å². The lowest BCUT2D eigenvalue weighted by atomic mass is 10.0. The van der Waals surface area contributed by atoms with Crippen LogP contribution in [0.5, 0.6) is 0 Å². The van der Waals surface area contributed by atoms with Gasteiger partial charge < -0.3 is 5.73 Å². The minimum Gasteiger partial charge on any atom is -0.329 e. The highest BCUT2D eigenvalue weighted by molar-refractivity contribution is 5.23. The summed E-state index contributed by atoms with van der Waals surface area (Å²) < 4.78 is 26.8. The van der Waals surface area contributed by atoms with Crippen molar-refractivity contribution in [3.63, 3.8) is 0 Å². The van der Waals surface area contributed by atoms with Crippen molar-refractivity contribution in [2.75, 3.05) is 13.1 Å². The Morgan fingerprint density at radius 1 is 1.05 bits per heavy atom. The van der Waals surface area contributed by atoms with Crippen LogP contribution in [0, 0.1) is 11.6 Å². The fraction of sp³-hybridized carbons (Fsp3) is 0.294. The number of hydrogen-bond donors (Lipinski definition) is 1. The van der Waals surface area contributed by atoms with Crippen molar-refractivity contribution in [2.24, 2.45) is 5.73 Å². The molecule has 0 heterocycles. The number of halogens is 2. The van der Waals surface area contributed by atoms with Gasteiger partial charge in [-0.2, -0.15) is 0 Å². The third kappa shape index (κ3) is 4.09. The van der Waals surface area contributed by atoms with Gasteiger partial charge in [0, 0.05) is 25.2 Å². The first-order chi connectivity index (χ1) is 10.1. The van der Waals surface area contributed by atoms with Crippen molar-refractivity contribution in [3.05, 3.63) is 71.3 Å². The fourth-order valence-electron chi connectivity index (χ4n) is 2.52. The number of nitrogens with two attached hydrogens (primary N) is 1. The predicted molar refractivity (Wildman–Crippen MR) is 80.7 cm³/mol. The van der Waals surface area contributed by atoms with Crippen molar-refractivity contribution in [3.8, 4) is 0 Å². The molecule has 0 aromatic heterocycles. The molecule has 0 aliphatic heterocycles. The lowest BCUT2D eigenvalue weighted by molar-refractivity contribution is 0.202.